The highest BCUT2D eigenvalue weighted by Crippen LogP contribution is 2.28. The van der Waals surface area contributed by atoms with Gasteiger partial charge in [0.15, 0.2) is 5.13 Å². The van der Waals surface area contributed by atoms with E-state index in [2.05, 4.69) is 27.8 Å². The number of rotatable bonds is 6. The predicted molar refractivity (Wildman–Crippen MR) is 81.8 cm³/mol. The minimum Gasteiger partial charge on any atom is -0.360 e. The monoisotopic (exact) mass is 287 g/mol. The van der Waals surface area contributed by atoms with E-state index in [4.69, 9.17) is 0 Å². The van der Waals surface area contributed by atoms with Crippen LogP contribution in [0.3, 0.4) is 0 Å². The average Bonchev–Trinajstić information content (AvgIpc) is 3.23. The fourth-order valence-corrected chi connectivity index (χ4v) is 2.69. The maximum Gasteiger partial charge on any atom is 0.223 e. The zero-order valence-electron chi connectivity index (χ0n) is 11.1. The molecule has 1 aliphatic rings. The van der Waals surface area contributed by atoms with E-state index < -0.39 is 0 Å². The summed E-state index contributed by atoms with van der Waals surface area (Å²) in [5.41, 5.74) is 2.11. The molecule has 104 valence electrons. The van der Waals surface area contributed by atoms with Gasteiger partial charge >= 0.3 is 0 Å². The first-order valence-electron chi connectivity index (χ1n) is 6.85. The number of hydrogen-bond acceptors (Lipinski definition) is 4. The van der Waals surface area contributed by atoms with Crippen LogP contribution in [0.4, 0.5) is 5.13 Å². The summed E-state index contributed by atoms with van der Waals surface area (Å²) in [6, 6.07) is 10.1. The van der Waals surface area contributed by atoms with Crippen molar-refractivity contribution >= 4 is 22.4 Å². The predicted octanol–water partition coefficient (Wildman–Crippen LogP) is 2.75. The number of carbonyl (C=O) groups excluding carboxylic acids is 1. The molecule has 1 aliphatic carbocycles. The van der Waals surface area contributed by atoms with Crippen LogP contribution in [-0.2, 0) is 4.79 Å². The molecule has 1 saturated carbocycles. The number of carbonyl (C=O) groups is 1. The van der Waals surface area contributed by atoms with Crippen LogP contribution < -0.4 is 10.6 Å². The first kappa shape index (κ1) is 13.1. The zero-order valence-corrected chi connectivity index (χ0v) is 12.0. The molecule has 0 aliphatic heterocycles. The third kappa shape index (κ3) is 3.36. The molecule has 0 spiro atoms. The van der Waals surface area contributed by atoms with E-state index in [9.17, 15) is 4.79 Å². The van der Waals surface area contributed by atoms with Gasteiger partial charge in [-0.25, -0.2) is 4.98 Å². The van der Waals surface area contributed by atoms with Crippen molar-refractivity contribution in [1.82, 2.24) is 10.3 Å². The van der Waals surface area contributed by atoms with E-state index in [0.29, 0.717) is 13.1 Å². The molecule has 4 nitrogen and oxygen atoms in total. The molecule has 1 amide bonds. The Hall–Kier alpha value is -1.88. The van der Waals surface area contributed by atoms with E-state index >= 15 is 0 Å². The SMILES string of the molecule is O=C(NCCNc1nc(-c2ccccc2)cs1)C1CC1. The third-order valence-electron chi connectivity index (χ3n) is 3.22. The van der Waals surface area contributed by atoms with E-state index in [1.165, 1.54) is 0 Å². The molecule has 20 heavy (non-hydrogen) atoms. The summed E-state index contributed by atoms with van der Waals surface area (Å²) in [4.78, 5) is 16.0. The fraction of sp³-hybridized carbons (Fsp3) is 0.333. The molecule has 3 rings (SSSR count). The minimum atomic E-state index is 0.191. The van der Waals surface area contributed by atoms with Crippen LogP contribution in [0.2, 0.25) is 0 Å². The molecule has 1 fully saturated rings. The number of nitrogens with one attached hydrogen (secondary N) is 2. The van der Waals surface area contributed by atoms with Gasteiger partial charge in [-0.15, -0.1) is 11.3 Å². The summed E-state index contributed by atoms with van der Waals surface area (Å²) >= 11 is 1.59. The zero-order chi connectivity index (χ0) is 13.8. The highest BCUT2D eigenvalue weighted by Gasteiger charge is 2.28. The molecule has 1 aromatic carbocycles. The molecule has 2 aromatic rings. The van der Waals surface area contributed by atoms with Crippen LogP contribution in [0.15, 0.2) is 35.7 Å². The largest absolute Gasteiger partial charge is 0.360 e. The van der Waals surface area contributed by atoms with Crippen molar-refractivity contribution in [3.63, 3.8) is 0 Å². The van der Waals surface area contributed by atoms with Crippen LogP contribution in [-0.4, -0.2) is 24.0 Å². The van der Waals surface area contributed by atoms with Crippen molar-refractivity contribution in [3.05, 3.63) is 35.7 Å². The molecule has 0 atom stereocenters. The Labute approximate surface area is 122 Å². The Bertz CT molecular complexity index is 578. The first-order valence-corrected chi connectivity index (χ1v) is 7.73. The molecule has 0 radical (unpaired) electrons. The molecule has 0 saturated heterocycles. The van der Waals surface area contributed by atoms with Gasteiger partial charge in [0, 0.05) is 30.0 Å². The van der Waals surface area contributed by atoms with E-state index in [1.807, 2.05) is 23.6 Å². The lowest BCUT2D eigenvalue weighted by molar-refractivity contribution is -0.122. The molecular weight excluding hydrogens is 270 g/mol. The average molecular weight is 287 g/mol. The summed E-state index contributed by atoms with van der Waals surface area (Å²) in [5.74, 6) is 0.468. The minimum absolute atomic E-state index is 0.191. The second kappa shape index (κ2) is 6.05. The van der Waals surface area contributed by atoms with Gasteiger partial charge in [-0.05, 0) is 12.8 Å². The van der Waals surface area contributed by atoms with Crippen LogP contribution in [0.1, 0.15) is 12.8 Å². The van der Waals surface area contributed by atoms with Crippen molar-refractivity contribution in [2.45, 2.75) is 12.8 Å². The lowest BCUT2D eigenvalue weighted by Gasteiger charge is -2.04. The van der Waals surface area contributed by atoms with E-state index in [-0.39, 0.29) is 11.8 Å². The number of amides is 1. The molecular formula is C15H17N3OS. The normalized spacial score (nSPS) is 14.0. The van der Waals surface area contributed by atoms with E-state index in [0.717, 1.165) is 29.2 Å². The summed E-state index contributed by atoms with van der Waals surface area (Å²) < 4.78 is 0. The van der Waals surface area contributed by atoms with Gasteiger partial charge in [-0.2, -0.15) is 0 Å². The lowest BCUT2D eigenvalue weighted by Crippen LogP contribution is -2.29. The van der Waals surface area contributed by atoms with Gasteiger partial charge in [-0.3, -0.25) is 4.79 Å². The summed E-state index contributed by atoms with van der Waals surface area (Å²) in [7, 11) is 0. The summed E-state index contributed by atoms with van der Waals surface area (Å²) in [6.45, 7) is 1.36. The number of nitrogens with zero attached hydrogens (tertiary/aromatic N) is 1. The topological polar surface area (TPSA) is 54.0 Å². The molecule has 1 aromatic heterocycles. The van der Waals surface area contributed by atoms with Gasteiger partial charge in [0.1, 0.15) is 0 Å². The number of anilines is 1. The maximum atomic E-state index is 11.5. The van der Waals surface area contributed by atoms with Crippen LogP contribution in [0, 0.1) is 5.92 Å². The fourth-order valence-electron chi connectivity index (χ4n) is 1.94. The quantitative estimate of drug-likeness (QED) is 0.803. The molecule has 0 bridgehead atoms. The Morgan fingerprint density at radius 2 is 2.05 bits per heavy atom. The van der Waals surface area contributed by atoms with Gasteiger partial charge in [-0.1, -0.05) is 30.3 Å². The Kier molecular flexibility index (Phi) is 3.97. The van der Waals surface area contributed by atoms with Crippen LogP contribution >= 0.6 is 11.3 Å². The van der Waals surface area contributed by atoms with Crippen molar-refractivity contribution in [1.29, 1.82) is 0 Å². The number of aromatic nitrogens is 1. The Morgan fingerprint density at radius 3 is 2.80 bits per heavy atom. The lowest BCUT2D eigenvalue weighted by atomic mass is 10.2. The highest BCUT2D eigenvalue weighted by molar-refractivity contribution is 7.14. The van der Waals surface area contributed by atoms with Crippen molar-refractivity contribution < 1.29 is 4.79 Å². The highest BCUT2D eigenvalue weighted by atomic mass is 32.1. The number of thiazole rings is 1. The summed E-state index contributed by atoms with van der Waals surface area (Å²) in [6.07, 6.45) is 2.10. The van der Waals surface area contributed by atoms with E-state index in [1.54, 1.807) is 11.3 Å². The van der Waals surface area contributed by atoms with Gasteiger partial charge in [0.05, 0.1) is 5.69 Å². The molecule has 2 N–H and O–H groups in total. The van der Waals surface area contributed by atoms with Crippen molar-refractivity contribution in [3.8, 4) is 11.3 Å². The molecule has 0 unspecified atom stereocenters. The number of benzene rings is 1. The third-order valence-corrected chi connectivity index (χ3v) is 4.02. The van der Waals surface area contributed by atoms with Crippen molar-refractivity contribution in [2.75, 3.05) is 18.4 Å². The van der Waals surface area contributed by atoms with Gasteiger partial charge < -0.3 is 10.6 Å². The Morgan fingerprint density at radius 1 is 1.25 bits per heavy atom. The van der Waals surface area contributed by atoms with Crippen molar-refractivity contribution in [2.24, 2.45) is 5.92 Å². The van der Waals surface area contributed by atoms with Crippen LogP contribution in [0.25, 0.3) is 11.3 Å². The van der Waals surface area contributed by atoms with Gasteiger partial charge in [0.2, 0.25) is 5.91 Å². The maximum absolute atomic E-state index is 11.5. The first-order chi connectivity index (χ1) is 9.83. The Balaban J connectivity index is 1.46. The number of hydrogen-bond donors (Lipinski definition) is 2. The molecule has 1 heterocycles. The van der Waals surface area contributed by atoms with Crippen LogP contribution in [0.5, 0.6) is 0 Å². The summed E-state index contributed by atoms with van der Waals surface area (Å²) in [5, 5.41) is 9.11. The smallest absolute Gasteiger partial charge is 0.223 e. The second-order valence-corrected chi connectivity index (χ2v) is 5.75. The van der Waals surface area contributed by atoms with Gasteiger partial charge in [0.25, 0.3) is 0 Å². The standard InChI is InChI=1S/C15H17N3OS/c19-14(12-6-7-12)16-8-9-17-15-18-13(10-20-15)11-4-2-1-3-5-11/h1-5,10,12H,6-9H2,(H,16,19)(H,17,18). The second-order valence-electron chi connectivity index (χ2n) is 4.90. The molecule has 5 heteroatoms.